The van der Waals surface area contributed by atoms with Gasteiger partial charge in [-0.05, 0) is 82.7 Å². The van der Waals surface area contributed by atoms with Crippen LogP contribution in [0.5, 0.6) is 0 Å². The summed E-state index contributed by atoms with van der Waals surface area (Å²) in [7, 11) is 0. The second-order valence-corrected chi connectivity index (χ2v) is 9.04. The van der Waals surface area contributed by atoms with Gasteiger partial charge in [-0.1, -0.05) is 66.7 Å². The van der Waals surface area contributed by atoms with Crippen LogP contribution in [0, 0.1) is 0 Å². The van der Waals surface area contributed by atoms with Gasteiger partial charge in [-0.3, -0.25) is 4.90 Å². The fraction of sp³-hybridized carbons (Fsp3) is 0.103. The van der Waals surface area contributed by atoms with Crippen molar-refractivity contribution < 1.29 is 0 Å². The van der Waals surface area contributed by atoms with E-state index in [2.05, 4.69) is 83.8 Å². The summed E-state index contributed by atoms with van der Waals surface area (Å²) in [5.74, 6) is 0. The molecule has 1 nitrogen and oxygen atoms in total. The monoisotopic (exact) mass is 381 g/mol. The van der Waals surface area contributed by atoms with E-state index < -0.39 is 0 Å². The van der Waals surface area contributed by atoms with Crippen molar-refractivity contribution in [2.24, 2.45) is 0 Å². The molecule has 8 rings (SSSR count). The zero-order chi connectivity index (χ0) is 19.4. The summed E-state index contributed by atoms with van der Waals surface area (Å²) >= 11 is 0. The molecule has 0 saturated heterocycles. The van der Waals surface area contributed by atoms with Crippen molar-refractivity contribution in [3.8, 4) is 0 Å². The maximum Gasteiger partial charge on any atom is 0.0247 e. The Bertz CT molecular complexity index is 1610. The lowest BCUT2D eigenvalue weighted by Gasteiger charge is -2.30. The Morgan fingerprint density at radius 2 is 1.00 bits per heavy atom. The molecule has 1 heteroatoms. The van der Waals surface area contributed by atoms with E-state index in [9.17, 15) is 0 Å². The molecule has 30 heavy (non-hydrogen) atoms. The minimum absolute atomic E-state index is 0.996. The van der Waals surface area contributed by atoms with Crippen molar-refractivity contribution >= 4 is 53.9 Å². The molecule has 0 atom stereocenters. The molecule has 7 aromatic rings. The van der Waals surface area contributed by atoms with Crippen molar-refractivity contribution in [1.29, 1.82) is 0 Å². The van der Waals surface area contributed by atoms with Gasteiger partial charge in [-0.15, -0.1) is 0 Å². The quantitative estimate of drug-likeness (QED) is 0.284. The Morgan fingerprint density at radius 3 is 1.57 bits per heavy atom. The molecule has 0 N–H and O–H groups in total. The van der Waals surface area contributed by atoms with Gasteiger partial charge in [0.15, 0.2) is 0 Å². The van der Waals surface area contributed by atoms with E-state index in [1.165, 1.54) is 70.6 Å². The SMILES string of the molecule is c1ccc(CN2Cc3cc4ccc5ccc6ccc7cc(c3c3c4c5c6c73)C2)cc1. The molecule has 0 fully saturated rings. The molecular weight excluding hydrogens is 362 g/mol. The van der Waals surface area contributed by atoms with Gasteiger partial charge in [0.2, 0.25) is 0 Å². The number of hydrogen-bond acceptors (Lipinski definition) is 1. The molecule has 0 radical (unpaired) electrons. The van der Waals surface area contributed by atoms with Crippen molar-refractivity contribution in [3.05, 3.63) is 95.6 Å². The van der Waals surface area contributed by atoms with Crippen LogP contribution < -0.4 is 0 Å². The van der Waals surface area contributed by atoms with E-state index in [0.29, 0.717) is 0 Å². The van der Waals surface area contributed by atoms with E-state index in [1.807, 2.05) is 0 Å². The Kier molecular flexibility index (Phi) is 2.67. The largest absolute Gasteiger partial charge is 0.291 e. The van der Waals surface area contributed by atoms with Gasteiger partial charge in [0.1, 0.15) is 0 Å². The van der Waals surface area contributed by atoms with Crippen LogP contribution in [0.3, 0.4) is 0 Å². The van der Waals surface area contributed by atoms with Gasteiger partial charge in [0, 0.05) is 19.6 Å². The van der Waals surface area contributed by atoms with E-state index in [0.717, 1.165) is 19.6 Å². The fourth-order valence-electron chi connectivity index (χ4n) is 6.21. The molecular formula is C29H19N. The van der Waals surface area contributed by atoms with Crippen LogP contribution in [0.1, 0.15) is 16.7 Å². The summed E-state index contributed by atoms with van der Waals surface area (Å²) in [6.45, 7) is 3.03. The number of rotatable bonds is 2. The first-order chi connectivity index (χ1) is 14.8. The van der Waals surface area contributed by atoms with Gasteiger partial charge in [0.05, 0.1) is 0 Å². The molecule has 7 aromatic carbocycles. The normalized spacial score (nSPS) is 15.1. The number of benzene rings is 6. The van der Waals surface area contributed by atoms with Gasteiger partial charge in [0.25, 0.3) is 0 Å². The van der Waals surface area contributed by atoms with Crippen molar-refractivity contribution in [2.45, 2.75) is 19.6 Å². The highest BCUT2D eigenvalue weighted by atomic mass is 15.1. The maximum atomic E-state index is 2.59. The minimum atomic E-state index is 0.996. The summed E-state index contributed by atoms with van der Waals surface area (Å²) in [4.78, 5) is 2.59. The Labute approximate surface area is 174 Å². The predicted octanol–water partition coefficient (Wildman–Crippen LogP) is 7.28. The van der Waals surface area contributed by atoms with Crippen molar-refractivity contribution in [2.75, 3.05) is 0 Å². The molecule has 140 valence electrons. The average Bonchev–Trinajstić information content (AvgIpc) is 3.15. The fourth-order valence-corrected chi connectivity index (χ4v) is 6.21. The molecule has 1 heterocycles. The van der Waals surface area contributed by atoms with Gasteiger partial charge in [-0.25, -0.2) is 0 Å². The lowest BCUT2D eigenvalue weighted by Crippen LogP contribution is -2.26. The van der Waals surface area contributed by atoms with Crippen molar-refractivity contribution in [1.82, 2.24) is 4.90 Å². The molecule has 0 aromatic heterocycles. The first-order valence-corrected chi connectivity index (χ1v) is 10.8. The van der Waals surface area contributed by atoms with Gasteiger partial charge < -0.3 is 0 Å². The molecule has 0 unspecified atom stereocenters. The maximum absolute atomic E-state index is 2.59. The van der Waals surface area contributed by atoms with Crippen molar-refractivity contribution in [3.63, 3.8) is 0 Å². The van der Waals surface area contributed by atoms with Crippen LogP contribution in [-0.2, 0) is 19.6 Å². The second-order valence-electron chi connectivity index (χ2n) is 9.04. The minimum Gasteiger partial charge on any atom is -0.291 e. The summed E-state index contributed by atoms with van der Waals surface area (Å²) in [6, 6.07) is 29.7. The number of nitrogens with zero attached hydrogens (tertiary/aromatic N) is 1. The number of hydrogen-bond donors (Lipinski definition) is 0. The Balaban J connectivity index is 1.47. The third-order valence-corrected chi connectivity index (χ3v) is 7.32. The van der Waals surface area contributed by atoms with Gasteiger partial charge in [-0.2, -0.15) is 0 Å². The third-order valence-electron chi connectivity index (χ3n) is 7.32. The molecule has 1 aliphatic heterocycles. The van der Waals surface area contributed by atoms with Crippen LogP contribution in [0.4, 0.5) is 0 Å². The van der Waals surface area contributed by atoms with E-state index in [4.69, 9.17) is 0 Å². The van der Waals surface area contributed by atoms with E-state index in [1.54, 1.807) is 0 Å². The van der Waals surface area contributed by atoms with Crippen LogP contribution in [0.25, 0.3) is 53.9 Å². The topological polar surface area (TPSA) is 3.24 Å². The highest BCUT2D eigenvalue weighted by Gasteiger charge is 2.26. The Hall–Kier alpha value is -3.42. The summed E-state index contributed by atoms with van der Waals surface area (Å²) in [5, 5.41) is 14.5. The summed E-state index contributed by atoms with van der Waals surface area (Å²) in [6.07, 6.45) is 0. The van der Waals surface area contributed by atoms with E-state index in [-0.39, 0.29) is 0 Å². The molecule has 0 aliphatic carbocycles. The van der Waals surface area contributed by atoms with Crippen LogP contribution in [0.2, 0.25) is 0 Å². The highest BCUT2D eigenvalue weighted by Crippen LogP contribution is 2.50. The van der Waals surface area contributed by atoms with Crippen LogP contribution >= 0.6 is 0 Å². The molecule has 0 bridgehead atoms. The predicted molar refractivity (Wildman–Crippen MR) is 127 cm³/mol. The average molecular weight is 381 g/mol. The molecule has 1 aliphatic rings. The summed E-state index contributed by atoms with van der Waals surface area (Å²) < 4.78 is 0. The standard InChI is InChI=1S/C29H19N/c1-2-4-17(5-3-1)14-30-15-22-12-20-10-8-18-6-7-19-9-11-21-13-23(16-30)24(22)29-27(20)25(18)26(19)28(21)29/h1-13H,14-16H2. The first kappa shape index (κ1) is 15.4. The van der Waals surface area contributed by atoms with Gasteiger partial charge >= 0.3 is 0 Å². The highest BCUT2D eigenvalue weighted by molar-refractivity contribution is 6.44. The first-order valence-electron chi connectivity index (χ1n) is 10.8. The lowest BCUT2D eigenvalue weighted by molar-refractivity contribution is 0.244. The molecule has 0 spiro atoms. The Morgan fingerprint density at radius 1 is 0.500 bits per heavy atom. The lowest BCUT2D eigenvalue weighted by atomic mass is 9.89. The summed E-state index contributed by atoms with van der Waals surface area (Å²) in [5.41, 5.74) is 4.36. The van der Waals surface area contributed by atoms with Crippen LogP contribution in [0.15, 0.2) is 78.9 Å². The smallest absolute Gasteiger partial charge is 0.0247 e. The van der Waals surface area contributed by atoms with Crippen LogP contribution in [-0.4, -0.2) is 4.90 Å². The molecule has 0 amide bonds. The van der Waals surface area contributed by atoms with E-state index >= 15 is 0 Å². The second kappa shape index (κ2) is 5.19. The zero-order valence-corrected chi connectivity index (χ0v) is 16.6. The molecule has 0 saturated carbocycles. The zero-order valence-electron chi connectivity index (χ0n) is 16.6. The third kappa shape index (κ3) is 1.78.